The van der Waals surface area contributed by atoms with Crippen molar-refractivity contribution in [3.05, 3.63) is 64.7 Å². The molecule has 1 fully saturated rings. The van der Waals surface area contributed by atoms with Crippen molar-refractivity contribution in [2.75, 3.05) is 19.7 Å². The van der Waals surface area contributed by atoms with Crippen molar-refractivity contribution in [3.63, 3.8) is 0 Å². The number of hydrogen-bond acceptors (Lipinski definition) is 2. The van der Waals surface area contributed by atoms with Crippen molar-refractivity contribution in [3.8, 4) is 5.75 Å². The van der Waals surface area contributed by atoms with Gasteiger partial charge in [-0.3, -0.25) is 4.79 Å². The molecule has 0 aliphatic carbocycles. The molecule has 0 aromatic heterocycles. The van der Waals surface area contributed by atoms with E-state index in [0.29, 0.717) is 17.3 Å². The highest BCUT2D eigenvalue weighted by Crippen LogP contribution is 2.15. The first-order chi connectivity index (χ1) is 12.2. The summed E-state index contributed by atoms with van der Waals surface area (Å²) in [5.41, 5.74) is 2.50. The molecule has 0 bridgehead atoms. The summed E-state index contributed by atoms with van der Waals surface area (Å²) in [5, 5.41) is 3.59. The average Bonchev–Trinajstić information content (AvgIpc) is 3.13. The van der Waals surface area contributed by atoms with E-state index in [9.17, 15) is 4.79 Å². The summed E-state index contributed by atoms with van der Waals surface area (Å²) >= 11 is 5.83. The molecule has 0 saturated carbocycles. The van der Waals surface area contributed by atoms with Crippen molar-refractivity contribution in [1.82, 2.24) is 5.32 Å². The van der Waals surface area contributed by atoms with E-state index in [2.05, 4.69) is 23.5 Å². The van der Waals surface area contributed by atoms with Crippen LogP contribution in [0.2, 0.25) is 5.02 Å². The van der Waals surface area contributed by atoms with Crippen LogP contribution >= 0.6 is 11.6 Å². The summed E-state index contributed by atoms with van der Waals surface area (Å²) < 4.78 is 5.47. The molecule has 25 heavy (non-hydrogen) atoms. The van der Waals surface area contributed by atoms with Gasteiger partial charge in [-0.1, -0.05) is 35.9 Å². The van der Waals surface area contributed by atoms with Crippen LogP contribution in [0.15, 0.2) is 48.5 Å². The van der Waals surface area contributed by atoms with Gasteiger partial charge in [0.1, 0.15) is 12.3 Å². The third-order valence-corrected chi connectivity index (χ3v) is 4.78. The van der Waals surface area contributed by atoms with Gasteiger partial charge >= 0.3 is 0 Å². The van der Waals surface area contributed by atoms with Gasteiger partial charge in [-0.15, -0.1) is 0 Å². The second-order valence-electron chi connectivity index (χ2n) is 6.42. The Labute approximate surface area is 153 Å². The minimum atomic E-state index is -0.127. The maximum atomic E-state index is 12.0. The van der Waals surface area contributed by atoms with E-state index in [1.54, 1.807) is 29.2 Å². The molecule has 0 radical (unpaired) electrons. The third-order valence-electron chi connectivity index (χ3n) is 4.53. The molecule has 4 nitrogen and oxygen atoms in total. The second-order valence-corrected chi connectivity index (χ2v) is 6.86. The zero-order chi connectivity index (χ0) is 17.5. The number of halogens is 1. The topological polar surface area (TPSA) is 42.8 Å². The van der Waals surface area contributed by atoms with Crippen LogP contribution in [0.25, 0.3) is 0 Å². The molecule has 3 rings (SSSR count). The number of benzene rings is 2. The van der Waals surface area contributed by atoms with Crippen molar-refractivity contribution in [2.24, 2.45) is 0 Å². The van der Waals surface area contributed by atoms with Gasteiger partial charge in [-0.05, 0) is 29.8 Å². The summed E-state index contributed by atoms with van der Waals surface area (Å²) in [6.07, 6.45) is 2.63. The largest absolute Gasteiger partial charge is 0.484 e. The smallest absolute Gasteiger partial charge is 0.258 e. The molecular weight excluding hydrogens is 336 g/mol. The molecule has 0 atom stereocenters. The van der Waals surface area contributed by atoms with Crippen LogP contribution in [0.1, 0.15) is 24.0 Å². The lowest BCUT2D eigenvalue weighted by atomic mass is 10.1. The molecule has 1 aliphatic rings. The predicted molar refractivity (Wildman–Crippen MR) is 98.9 cm³/mol. The number of amides is 1. The Kier molecular flexibility index (Phi) is 6.31. The Morgan fingerprint density at radius 1 is 1.04 bits per heavy atom. The summed E-state index contributed by atoms with van der Waals surface area (Å²) in [4.78, 5) is 13.7. The van der Waals surface area contributed by atoms with Gasteiger partial charge in [0.2, 0.25) is 0 Å². The maximum Gasteiger partial charge on any atom is 0.258 e. The van der Waals surface area contributed by atoms with Gasteiger partial charge in [-0.2, -0.15) is 0 Å². The average molecular weight is 360 g/mol. The Hall–Kier alpha value is -2.04. The van der Waals surface area contributed by atoms with Crippen molar-refractivity contribution in [1.29, 1.82) is 0 Å². The van der Waals surface area contributed by atoms with E-state index in [-0.39, 0.29) is 12.5 Å². The highest BCUT2D eigenvalue weighted by molar-refractivity contribution is 6.30. The first-order valence-electron chi connectivity index (χ1n) is 8.76. The predicted octanol–water partition coefficient (Wildman–Crippen LogP) is 2.21. The molecule has 132 valence electrons. The van der Waals surface area contributed by atoms with E-state index in [0.717, 1.165) is 6.54 Å². The normalized spacial score (nSPS) is 14.4. The molecule has 0 spiro atoms. The fraction of sp³-hybridized carbons (Fsp3) is 0.350. The van der Waals surface area contributed by atoms with Crippen LogP contribution < -0.4 is 15.0 Å². The van der Waals surface area contributed by atoms with Gasteiger partial charge in [0.05, 0.1) is 13.1 Å². The minimum Gasteiger partial charge on any atom is -0.484 e. The standard InChI is InChI=1S/C20H23ClN2O2/c21-18-7-9-19(10-8-18)25-15-20(24)22-13-16-5-1-2-6-17(16)14-23-11-3-4-12-23/h1-2,5-10H,3-4,11-15H2,(H,22,24)/p+1. The first kappa shape index (κ1) is 17.8. The number of likely N-dealkylation sites (tertiary alicyclic amines) is 1. The molecule has 1 heterocycles. The van der Waals surface area contributed by atoms with Crippen LogP contribution in [0.5, 0.6) is 5.75 Å². The molecule has 1 amide bonds. The zero-order valence-corrected chi connectivity index (χ0v) is 15.0. The van der Waals surface area contributed by atoms with Crippen molar-refractivity contribution in [2.45, 2.75) is 25.9 Å². The lowest BCUT2D eigenvalue weighted by Gasteiger charge is -2.15. The fourth-order valence-corrected chi connectivity index (χ4v) is 3.27. The van der Waals surface area contributed by atoms with Gasteiger partial charge in [0.15, 0.2) is 6.61 Å². The number of ether oxygens (including phenoxy) is 1. The Morgan fingerprint density at radius 2 is 1.72 bits per heavy atom. The van der Waals surface area contributed by atoms with Crippen molar-refractivity contribution < 1.29 is 14.4 Å². The molecular formula is C20H24ClN2O2+. The fourth-order valence-electron chi connectivity index (χ4n) is 3.15. The quantitative estimate of drug-likeness (QED) is 0.796. The van der Waals surface area contributed by atoms with E-state index in [1.807, 2.05) is 6.07 Å². The van der Waals surface area contributed by atoms with E-state index < -0.39 is 0 Å². The Bertz CT molecular complexity index is 697. The number of carbonyl (C=O) groups is 1. The van der Waals surface area contributed by atoms with Crippen molar-refractivity contribution >= 4 is 17.5 Å². The Balaban J connectivity index is 1.49. The molecule has 2 N–H and O–H groups in total. The SMILES string of the molecule is O=C(COc1ccc(Cl)cc1)NCc1ccccc1C[NH+]1CCCC1. The van der Waals surface area contributed by atoms with E-state index >= 15 is 0 Å². The number of hydrogen-bond donors (Lipinski definition) is 2. The van der Waals surface area contributed by atoms with Gasteiger partial charge < -0.3 is 15.0 Å². The minimum absolute atomic E-state index is 0.00116. The van der Waals surface area contributed by atoms with E-state index in [4.69, 9.17) is 16.3 Å². The summed E-state index contributed by atoms with van der Waals surface area (Å²) in [7, 11) is 0. The number of rotatable bonds is 7. The molecule has 1 saturated heterocycles. The third kappa shape index (κ3) is 5.48. The van der Waals surface area contributed by atoms with Crippen LogP contribution in [0.4, 0.5) is 0 Å². The van der Waals surface area contributed by atoms with Crippen LogP contribution in [0.3, 0.4) is 0 Å². The number of carbonyl (C=O) groups excluding carboxylic acids is 1. The number of quaternary nitrogens is 1. The molecule has 2 aromatic carbocycles. The van der Waals surface area contributed by atoms with Crippen LogP contribution in [0, 0.1) is 0 Å². The van der Waals surface area contributed by atoms with Gasteiger partial charge in [0.25, 0.3) is 5.91 Å². The maximum absolute atomic E-state index is 12.0. The second kappa shape index (κ2) is 8.88. The highest BCUT2D eigenvalue weighted by Gasteiger charge is 2.17. The molecule has 1 aliphatic heterocycles. The van der Waals surface area contributed by atoms with Crippen LogP contribution in [-0.4, -0.2) is 25.6 Å². The zero-order valence-electron chi connectivity index (χ0n) is 14.3. The molecule has 0 unspecified atom stereocenters. The lowest BCUT2D eigenvalue weighted by molar-refractivity contribution is -0.901. The van der Waals surface area contributed by atoms with Crippen LogP contribution in [-0.2, 0) is 17.9 Å². The summed E-state index contributed by atoms with van der Waals surface area (Å²) in [5.74, 6) is 0.510. The lowest BCUT2D eigenvalue weighted by Crippen LogP contribution is -3.08. The molecule has 2 aromatic rings. The monoisotopic (exact) mass is 359 g/mol. The first-order valence-corrected chi connectivity index (χ1v) is 9.14. The summed E-state index contributed by atoms with van der Waals surface area (Å²) in [6.45, 7) is 4.06. The highest BCUT2D eigenvalue weighted by atomic mass is 35.5. The number of nitrogens with one attached hydrogen (secondary N) is 2. The molecule has 5 heteroatoms. The Morgan fingerprint density at radius 3 is 2.44 bits per heavy atom. The van der Waals surface area contributed by atoms with Gasteiger partial charge in [0, 0.05) is 30.0 Å². The van der Waals surface area contributed by atoms with Gasteiger partial charge in [-0.25, -0.2) is 0 Å². The summed E-state index contributed by atoms with van der Waals surface area (Å²) in [6, 6.07) is 15.3. The van der Waals surface area contributed by atoms with E-state index in [1.165, 1.54) is 37.1 Å².